The Labute approximate surface area is 384 Å². The Kier molecular flexibility index (Phi) is 13.4. The highest BCUT2D eigenvalue weighted by molar-refractivity contribution is 5.93. The normalized spacial score (nSPS) is 11.1. The lowest BCUT2D eigenvalue weighted by Gasteiger charge is -2.15. The molecule has 312 valence electrons. The highest BCUT2D eigenvalue weighted by Gasteiger charge is 2.12. The molecule has 0 N–H and O–H groups in total. The SMILES string of the molecule is CCOc1cc(C=Cc2ccc(C=C(c3ccccc3)c3ccccc3)cc2)c(C=Cc2ccc(C=C(c3ccccc3)c3ccccc3)cc2)cc1-c1ccc(-c2ccccc2)cc1. The van der Waals surface area contributed by atoms with Gasteiger partial charge in [-0.3, -0.25) is 0 Å². The molecule has 0 atom stereocenters. The van der Waals surface area contributed by atoms with Crippen LogP contribution in [0.25, 0.3) is 69.9 Å². The maximum Gasteiger partial charge on any atom is 0.127 e. The number of ether oxygens (including phenoxy) is 1. The number of hydrogen-bond donors (Lipinski definition) is 0. The van der Waals surface area contributed by atoms with E-state index in [0.29, 0.717) is 6.61 Å². The van der Waals surface area contributed by atoms with E-state index in [9.17, 15) is 0 Å². The molecule has 0 bridgehead atoms. The van der Waals surface area contributed by atoms with Crippen molar-refractivity contribution in [1.82, 2.24) is 0 Å². The topological polar surface area (TPSA) is 9.23 Å². The van der Waals surface area contributed by atoms with E-state index in [1.54, 1.807) is 0 Å². The molecule has 0 spiro atoms. The predicted octanol–water partition coefficient (Wildman–Crippen LogP) is 16.9. The van der Waals surface area contributed by atoms with Crippen molar-refractivity contribution in [3.63, 3.8) is 0 Å². The lowest BCUT2D eigenvalue weighted by Crippen LogP contribution is -1.96. The maximum absolute atomic E-state index is 6.38. The third kappa shape index (κ3) is 10.7. The minimum Gasteiger partial charge on any atom is -0.493 e. The van der Waals surface area contributed by atoms with Gasteiger partial charge < -0.3 is 4.74 Å². The van der Waals surface area contributed by atoms with Crippen LogP contribution in [0.2, 0.25) is 0 Å². The van der Waals surface area contributed by atoms with Crippen LogP contribution in [0.5, 0.6) is 5.75 Å². The Morgan fingerprint density at radius 2 is 0.677 bits per heavy atom. The second-order valence-corrected chi connectivity index (χ2v) is 15.9. The van der Waals surface area contributed by atoms with E-state index in [1.807, 2.05) is 6.92 Å². The predicted molar refractivity (Wildman–Crippen MR) is 279 cm³/mol. The fourth-order valence-corrected chi connectivity index (χ4v) is 8.12. The van der Waals surface area contributed by atoms with Gasteiger partial charge in [-0.05, 0) is 115 Å². The van der Waals surface area contributed by atoms with Gasteiger partial charge in [0.25, 0.3) is 0 Å². The summed E-state index contributed by atoms with van der Waals surface area (Å²) in [6, 6.07) is 83.7. The molecular formula is C64H50O. The van der Waals surface area contributed by atoms with Crippen molar-refractivity contribution < 1.29 is 4.74 Å². The van der Waals surface area contributed by atoms with Gasteiger partial charge in [-0.15, -0.1) is 0 Å². The summed E-state index contributed by atoms with van der Waals surface area (Å²) in [6.07, 6.45) is 13.4. The van der Waals surface area contributed by atoms with Gasteiger partial charge in [0.1, 0.15) is 5.75 Å². The number of benzene rings is 9. The van der Waals surface area contributed by atoms with Crippen molar-refractivity contribution in [2.45, 2.75) is 6.92 Å². The molecule has 1 heteroatoms. The zero-order valence-corrected chi connectivity index (χ0v) is 36.6. The molecule has 0 fully saturated rings. The second-order valence-electron chi connectivity index (χ2n) is 15.9. The largest absolute Gasteiger partial charge is 0.493 e. The highest BCUT2D eigenvalue weighted by Crippen LogP contribution is 2.36. The summed E-state index contributed by atoms with van der Waals surface area (Å²) in [4.78, 5) is 0. The first-order chi connectivity index (χ1) is 32.2. The van der Waals surface area contributed by atoms with Gasteiger partial charge in [0.15, 0.2) is 0 Å². The Morgan fingerprint density at radius 3 is 1.08 bits per heavy atom. The quantitative estimate of drug-likeness (QED) is 0.0992. The first-order valence-corrected chi connectivity index (χ1v) is 22.3. The fraction of sp³-hybridized carbons (Fsp3) is 0.0312. The Hall–Kier alpha value is -8.26. The third-order valence-corrected chi connectivity index (χ3v) is 11.5. The molecule has 0 aliphatic carbocycles. The van der Waals surface area contributed by atoms with Crippen molar-refractivity contribution in [1.29, 1.82) is 0 Å². The van der Waals surface area contributed by atoms with E-state index in [1.165, 1.54) is 44.5 Å². The van der Waals surface area contributed by atoms with Gasteiger partial charge in [0, 0.05) is 5.56 Å². The van der Waals surface area contributed by atoms with Gasteiger partial charge in [-0.1, -0.05) is 249 Å². The standard InChI is InChI=1S/C64H50O/c1-2-65-64-47-60(39-37-49-30-34-51(35-31-49)45-62(56-24-14-6-15-25-56)57-26-16-7-17-27-57)59(46-63(64)58-42-40-53(41-43-58)52-18-8-3-9-19-52)38-36-48-28-32-50(33-29-48)44-61(54-20-10-4-11-21-54)55-22-12-5-13-23-55/h3-47H,2H2,1H3. The summed E-state index contributed by atoms with van der Waals surface area (Å²) < 4.78 is 6.38. The second kappa shape index (κ2) is 20.7. The molecule has 65 heavy (non-hydrogen) atoms. The van der Waals surface area contributed by atoms with Crippen LogP contribution in [-0.4, -0.2) is 6.61 Å². The summed E-state index contributed by atoms with van der Waals surface area (Å²) >= 11 is 0. The molecule has 9 aromatic rings. The van der Waals surface area contributed by atoms with Crippen molar-refractivity contribution in [2.75, 3.05) is 6.61 Å². The van der Waals surface area contributed by atoms with E-state index < -0.39 is 0 Å². The van der Waals surface area contributed by atoms with Crippen molar-refractivity contribution in [3.05, 3.63) is 292 Å². The Bertz CT molecular complexity index is 2970. The van der Waals surface area contributed by atoms with E-state index in [4.69, 9.17) is 4.74 Å². The van der Waals surface area contributed by atoms with Crippen LogP contribution in [0.1, 0.15) is 62.6 Å². The molecule has 0 radical (unpaired) electrons. The van der Waals surface area contributed by atoms with Crippen LogP contribution in [-0.2, 0) is 0 Å². The van der Waals surface area contributed by atoms with Gasteiger partial charge in [0.05, 0.1) is 6.61 Å². The van der Waals surface area contributed by atoms with E-state index in [2.05, 4.69) is 273 Å². The molecular weight excluding hydrogens is 785 g/mol. The Morgan fingerprint density at radius 1 is 0.338 bits per heavy atom. The number of rotatable bonds is 14. The van der Waals surface area contributed by atoms with Crippen LogP contribution < -0.4 is 4.74 Å². The summed E-state index contributed by atoms with van der Waals surface area (Å²) in [6.45, 7) is 2.61. The van der Waals surface area contributed by atoms with E-state index in [0.717, 1.165) is 50.3 Å². The van der Waals surface area contributed by atoms with Crippen LogP contribution in [0.3, 0.4) is 0 Å². The molecule has 0 aliphatic heterocycles. The summed E-state index contributed by atoms with van der Waals surface area (Å²) in [7, 11) is 0. The molecule has 0 saturated heterocycles. The van der Waals surface area contributed by atoms with Crippen molar-refractivity contribution >= 4 is 47.6 Å². The average Bonchev–Trinajstić information content (AvgIpc) is 3.38. The summed E-state index contributed by atoms with van der Waals surface area (Å²) in [5.41, 5.74) is 18.4. The molecule has 0 aliphatic rings. The molecule has 0 saturated carbocycles. The molecule has 9 aromatic carbocycles. The minimum atomic E-state index is 0.563. The molecule has 0 unspecified atom stereocenters. The van der Waals surface area contributed by atoms with Gasteiger partial charge in [-0.25, -0.2) is 0 Å². The average molecular weight is 835 g/mol. The lowest BCUT2D eigenvalue weighted by atomic mass is 9.94. The summed E-state index contributed by atoms with van der Waals surface area (Å²) in [5.74, 6) is 0.857. The van der Waals surface area contributed by atoms with Crippen LogP contribution in [0.4, 0.5) is 0 Å². The molecule has 9 rings (SSSR count). The lowest BCUT2D eigenvalue weighted by molar-refractivity contribution is 0.341. The zero-order valence-electron chi connectivity index (χ0n) is 36.6. The summed E-state index contributed by atoms with van der Waals surface area (Å²) in [5, 5.41) is 0. The van der Waals surface area contributed by atoms with Gasteiger partial charge >= 0.3 is 0 Å². The van der Waals surface area contributed by atoms with E-state index in [-0.39, 0.29) is 0 Å². The number of hydrogen-bond acceptors (Lipinski definition) is 1. The molecule has 0 aromatic heterocycles. The Balaban J connectivity index is 1.05. The molecule has 0 heterocycles. The first kappa shape index (κ1) is 42.1. The van der Waals surface area contributed by atoms with Crippen molar-refractivity contribution in [2.24, 2.45) is 0 Å². The fourth-order valence-electron chi connectivity index (χ4n) is 8.12. The maximum atomic E-state index is 6.38. The minimum absolute atomic E-state index is 0.563. The smallest absolute Gasteiger partial charge is 0.127 e. The highest BCUT2D eigenvalue weighted by atomic mass is 16.5. The molecule has 0 amide bonds. The van der Waals surface area contributed by atoms with Gasteiger partial charge in [0.2, 0.25) is 0 Å². The van der Waals surface area contributed by atoms with Crippen LogP contribution in [0.15, 0.2) is 237 Å². The van der Waals surface area contributed by atoms with Crippen LogP contribution >= 0.6 is 0 Å². The van der Waals surface area contributed by atoms with Crippen molar-refractivity contribution in [3.8, 4) is 28.0 Å². The molecule has 1 nitrogen and oxygen atoms in total. The van der Waals surface area contributed by atoms with E-state index >= 15 is 0 Å². The van der Waals surface area contributed by atoms with Gasteiger partial charge in [-0.2, -0.15) is 0 Å². The monoisotopic (exact) mass is 834 g/mol. The zero-order chi connectivity index (χ0) is 44.0. The first-order valence-electron chi connectivity index (χ1n) is 22.3. The third-order valence-electron chi connectivity index (χ3n) is 11.5. The van der Waals surface area contributed by atoms with Crippen LogP contribution in [0, 0.1) is 0 Å².